The molecule has 0 radical (unpaired) electrons. The highest BCUT2D eigenvalue weighted by Gasteiger charge is 2.26. The van der Waals surface area contributed by atoms with E-state index in [0.717, 1.165) is 27.9 Å². The maximum Gasteiger partial charge on any atom is 0.583 e. The van der Waals surface area contributed by atoms with Crippen molar-refractivity contribution in [1.29, 1.82) is 0 Å². The molecule has 3 heterocycles. The van der Waals surface area contributed by atoms with Crippen molar-refractivity contribution in [3.05, 3.63) is 85.9 Å². The molecule has 0 unspecified atom stereocenters. The van der Waals surface area contributed by atoms with Gasteiger partial charge in [0.1, 0.15) is 16.5 Å². The lowest BCUT2D eigenvalue weighted by atomic mass is 9.75. The number of fused-ring (bicyclic) bond motifs is 2. The van der Waals surface area contributed by atoms with Crippen LogP contribution in [0.4, 0.5) is 5.69 Å². The van der Waals surface area contributed by atoms with E-state index in [-0.39, 0.29) is 17.4 Å². The number of nitrogens with zero attached hydrogens (tertiary/aromatic N) is 2. The molecule has 188 valence electrons. The summed E-state index contributed by atoms with van der Waals surface area (Å²) in [6.45, 7) is 9.86. The van der Waals surface area contributed by atoms with Crippen molar-refractivity contribution in [3.8, 4) is 11.3 Å². The topological polar surface area (TPSA) is 97.0 Å². The molecular weight excluding hydrogens is 489 g/mol. The highest BCUT2D eigenvalue weighted by molar-refractivity contribution is 6.62. The molecule has 0 saturated carbocycles. The summed E-state index contributed by atoms with van der Waals surface area (Å²) in [7, 11) is -1.11. The smallest absolute Gasteiger partial charge is 0.460 e. The van der Waals surface area contributed by atoms with Crippen LogP contribution >= 0.6 is 11.6 Å². The minimum absolute atomic E-state index is 0.00200. The van der Waals surface area contributed by atoms with E-state index in [1.807, 2.05) is 65.0 Å². The molecule has 1 atom stereocenters. The van der Waals surface area contributed by atoms with Crippen molar-refractivity contribution in [2.75, 3.05) is 5.32 Å². The fourth-order valence-electron chi connectivity index (χ4n) is 4.80. The van der Waals surface area contributed by atoms with E-state index in [0.29, 0.717) is 38.6 Å². The van der Waals surface area contributed by atoms with Gasteiger partial charge in [-0.2, -0.15) is 0 Å². The zero-order valence-corrected chi connectivity index (χ0v) is 22.1. The van der Waals surface area contributed by atoms with Crippen LogP contribution in [-0.2, 0) is 4.76 Å². The van der Waals surface area contributed by atoms with Gasteiger partial charge in [0, 0.05) is 28.1 Å². The summed E-state index contributed by atoms with van der Waals surface area (Å²) in [5.74, 6) is 0.781. The number of benzene rings is 2. The largest absolute Gasteiger partial charge is 0.583 e. The Morgan fingerprint density at radius 1 is 1.08 bits per heavy atom. The number of rotatable bonds is 5. The van der Waals surface area contributed by atoms with Crippen LogP contribution in [0.15, 0.2) is 56.8 Å². The molecule has 4 aromatic rings. The van der Waals surface area contributed by atoms with E-state index in [2.05, 4.69) is 15.5 Å². The molecule has 2 aromatic carbocycles. The van der Waals surface area contributed by atoms with Crippen LogP contribution in [0.1, 0.15) is 60.7 Å². The lowest BCUT2D eigenvalue weighted by Gasteiger charge is -2.21. The Morgan fingerprint density at radius 3 is 2.62 bits per heavy atom. The predicted octanol–water partition coefficient (Wildman–Crippen LogP) is 5.47. The summed E-state index contributed by atoms with van der Waals surface area (Å²) >= 11 is 6.29. The molecule has 9 heteroatoms. The van der Waals surface area contributed by atoms with Gasteiger partial charge in [-0.15, -0.1) is 5.16 Å². The first-order valence-corrected chi connectivity index (χ1v) is 12.5. The van der Waals surface area contributed by atoms with Crippen LogP contribution in [0.3, 0.4) is 0 Å². The van der Waals surface area contributed by atoms with Gasteiger partial charge in [0.2, 0.25) is 0 Å². The van der Waals surface area contributed by atoms with Gasteiger partial charge in [0.15, 0.2) is 5.43 Å². The second-order valence-corrected chi connectivity index (χ2v) is 10.1. The Morgan fingerprint density at radius 2 is 1.86 bits per heavy atom. The monoisotopic (exact) mass is 515 g/mol. The van der Waals surface area contributed by atoms with Gasteiger partial charge in [-0.05, 0) is 56.2 Å². The second-order valence-electron chi connectivity index (χ2n) is 9.74. The molecule has 0 bridgehead atoms. The van der Waals surface area contributed by atoms with Crippen molar-refractivity contribution >= 4 is 47.1 Å². The van der Waals surface area contributed by atoms with Gasteiger partial charge >= 0.3 is 7.12 Å². The van der Waals surface area contributed by atoms with Crippen molar-refractivity contribution in [2.24, 2.45) is 5.16 Å². The molecular formula is C28H27BClN3O4. The van der Waals surface area contributed by atoms with Gasteiger partial charge in [0.05, 0.1) is 29.0 Å². The van der Waals surface area contributed by atoms with E-state index in [1.54, 1.807) is 18.3 Å². The summed E-state index contributed by atoms with van der Waals surface area (Å²) in [6.07, 6.45) is 1.56. The van der Waals surface area contributed by atoms with Gasteiger partial charge in [0.25, 0.3) is 0 Å². The van der Waals surface area contributed by atoms with E-state index in [4.69, 9.17) is 20.8 Å². The SMILES string of the molecule is Cc1cc([C@H](C)Nc2ccc(Cl)nc2-c2ccc3c(c2)C=NOB3O)c2oc(C(C)C)c(C)c(=O)c2c1. The normalized spacial score (nSPS) is 13.6. The average molecular weight is 516 g/mol. The molecule has 0 fully saturated rings. The molecule has 0 saturated heterocycles. The number of pyridine rings is 1. The highest BCUT2D eigenvalue weighted by atomic mass is 35.5. The second kappa shape index (κ2) is 9.69. The highest BCUT2D eigenvalue weighted by Crippen LogP contribution is 2.34. The third-order valence-corrected chi connectivity index (χ3v) is 6.84. The van der Waals surface area contributed by atoms with Crippen molar-refractivity contribution < 1.29 is 14.2 Å². The van der Waals surface area contributed by atoms with Gasteiger partial charge < -0.3 is 19.5 Å². The predicted molar refractivity (Wildman–Crippen MR) is 149 cm³/mol. The van der Waals surface area contributed by atoms with E-state index in [9.17, 15) is 9.82 Å². The third kappa shape index (κ3) is 4.63. The van der Waals surface area contributed by atoms with Crippen LogP contribution < -0.4 is 16.2 Å². The number of hydrogen-bond acceptors (Lipinski definition) is 7. The quantitative estimate of drug-likeness (QED) is 0.270. The number of aromatic nitrogens is 1. The standard InChI is InChI=1S/C28H27BClN3O4/c1-14(2)27-16(4)26(34)21-11-15(3)10-20(28(21)36-27)17(5)32-23-8-9-24(30)33-25(23)18-6-7-22-19(12-18)13-31-37-29(22)35/h6-14,17,32,35H,1-5H3/t17-/m0/s1. The zero-order valence-electron chi connectivity index (χ0n) is 21.3. The fraction of sp³-hybridized carbons (Fsp3) is 0.250. The first kappa shape index (κ1) is 25.1. The number of hydrogen-bond donors (Lipinski definition) is 2. The fourth-order valence-corrected chi connectivity index (χ4v) is 4.95. The zero-order chi connectivity index (χ0) is 26.4. The Hall–Kier alpha value is -3.62. The summed E-state index contributed by atoms with van der Waals surface area (Å²) in [5.41, 5.74) is 6.66. The number of oxime groups is 1. The summed E-state index contributed by atoms with van der Waals surface area (Å²) in [4.78, 5) is 17.8. The van der Waals surface area contributed by atoms with Crippen LogP contribution in [0.5, 0.6) is 0 Å². The van der Waals surface area contributed by atoms with Crippen LogP contribution in [0.25, 0.3) is 22.2 Å². The van der Waals surface area contributed by atoms with Crippen molar-refractivity contribution in [2.45, 2.75) is 46.6 Å². The van der Waals surface area contributed by atoms with Crippen molar-refractivity contribution in [1.82, 2.24) is 4.98 Å². The molecule has 1 aliphatic rings. The minimum Gasteiger partial charge on any atom is -0.460 e. The molecule has 0 aliphatic carbocycles. The molecule has 2 N–H and O–H groups in total. The first-order valence-electron chi connectivity index (χ1n) is 12.2. The van der Waals surface area contributed by atoms with Gasteiger partial charge in [-0.1, -0.05) is 43.6 Å². The maximum atomic E-state index is 13.2. The molecule has 0 spiro atoms. The van der Waals surface area contributed by atoms with Crippen LogP contribution in [0.2, 0.25) is 5.15 Å². The Kier molecular flexibility index (Phi) is 6.56. The van der Waals surface area contributed by atoms with Crippen LogP contribution in [0, 0.1) is 13.8 Å². The van der Waals surface area contributed by atoms with Gasteiger partial charge in [-0.3, -0.25) is 4.79 Å². The summed E-state index contributed by atoms with van der Waals surface area (Å²) in [6, 6.07) is 12.9. The lowest BCUT2D eigenvalue weighted by Crippen LogP contribution is -2.37. The Balaban J connectivity index is 1.60. The molecule has 7 nitrogen and oxygen atoms in total. The van der Waals surface area contributed by atoms with Crippen molar-refractivity contribution in [3.63, 3.8) is 0 Å². The van der Waals surface area contributed by atoms with E-state index < -0.39 is 7.12 Å². The summed E-state index contributed by atoms with van der Waals surface area (Å²) in [5, 5.41) is 18.3. The van der Waals surface area contributed by atoms with E-state index >= 15 is 0 Å². The first-order chi connectivity index (χ1) is 17.6. The molecule has 37 heavy (non-hydrogen) atoms. The number of nitrogens with one attached hydrogen (secondary N) is 1. The molecule has 2 aromatic heterocycles. The molecule has 5 rings (SSSR count). The molecule has 0 amide bonds. The third-order valence-electron chi connectivity index (χ3n) is 6.63. The van der Waals surface area contributed by atoms with Crippen LogP contribution in [-0.4, -0.2) is 23.3 Å². The molecule has 1 aliphatic heterocycles. The lowest BCUT2D eigenvalue weighted by molar-refractivity contribution is 0.286. The average Bonchev–Trinajstić information content (AvgIpc) is 2.86. The Labute approximate surface area is 220 Å². The summed E-state index contributed by atoms with van der Waals surface area (Å²) < 4.78 is 11.3. The number of halogens is 1. The number of aryl methyl sites for hydroxylation is 1. The minimum atomic E-state index is -1.11. The Bertz CT molecular complexity index is 1620. The van der Waals surface area contributed by atoms with E-state index in [1.165, 1.54) is 0 Å². The van der Waals surface area contributed by atoms with Gasteiger partial charge in [-0.25, -0.2) is 4.98 Å². The number of anilines is 1. The maximum absolute atomic E-state index is 13.2.